The Bertz CT molecular complexity index is 582. The summed E-state index contributed by atoms with van der Waals surface area (Å²) in [6.45, 7) is 4.96. The number of hydrogen-bond acceptors (Lipinski definition) is 6. The quantitative estimate of drug-likeness (QED) is 0.642. The van der Waals surface area contributed by atoms with E-state index in [0.29, 0.717) is 0 Å². The zero-order chi connectivity index (χ0) is 13.2. The van der Waals surface area contributed by atoms with Gasteiger partial charge in [-0.3, -0.25) is 4.90 Å². The first-order valence-corrected chi connectivity index (χ1v) is 8.37. The second-order valence-electron chi connectivity index (χ2n) is 4.67. The fourth-order valence-electron chi connectivity index (χ4n) is 2.26. The van der Waals surface area contributed by atoms with E-state index in [4.69, 9.17) is 0 Å². The topological polar surface area (TPSA) is 41.9 Å². The minimum atomic E-state index is 0.878. The van der Waals surface area contributed by atoms with Crippen LogP contribution < -0.4 is 0 Å². The number of aromatic nitrogens is 3. The predicted octanol–water partition coefficient (Wildman–Crippen LogP) is 2.52. The maximum Gasteiger partial charge on any atom is 0.187 e. The van der Waals surface area contributed by atoms with Crippen LogP contribution in [0.4, 0.5) is 0 Å². The Labute approximate surface area is 121 Å². The Morgan fingerprint density at radius 2 is 2.32 bits per heavy atom. The van der Waals surface area contributed by atoms with Crippen LogP contribution in [0.5, 0.6) is 0 Å². The maximum atomic E-state index is 4.59. The number of thioether (sulfide) groups is 1. The summed E-state index contributed by atoms with van der Waals surface area (Å²) >= 11 is 3.35. The van der Waals surface area contributed by atoms with Crippen molar-refractivity contribution in [3.05, 3.63) is 33.5 Å². The summed E-state index contributed by atoms with van der Waals surface area (Å²) in [5.74, 6) is 0. The zero-order valence-electron chi connectivity index (χ0n) is 11.1. The SMILES string of the molecule is CSc1ncc2c(n1)CCN(Cc1nc(C)cs1)C2. The number of hydrogen-bond donors (Lipinski definition) is 0. The van der Waals surface area contributed by atoms with Gasteiger partial charge in [-0.2, -0.15) is 0 Å². The van der Waals surface area contributed by atoms with Gasteiger partial charge in [-0.25, -0.2) is 15.0 Å². The van der Waals surface area contributed by atoms with Crippen LogP contribution in [-0.2, 0) is 19.5 Å². The van der Waals surface area contributed by atoms with E-state index < -0.39 is 0 Å². The molecular weight excluding hydrogens is 276 g/mol. The molecule has 0 amide bonds. The fourth-order valence-corrected chi connectivity index (χ4v) is 3.43. The number of fused-ring (bicyclic) bond motifs is 1. The van der Waals surface area contributed by atoms with Crippen molar-refractivity contribution in [3.8, 4) is 0 Å². The summed E-state index contributed by atoms with van der Waals surface area (Å²) in [6, 6.07) is 0. The van der Waals surface area contributed by atoms with E-state index in [9.17, 15) is 0 Å². The lowest BCUT2D eigenvalue weighted by Crippen LogP contribution is -2.30. The second kappa shape index (κ2) is 5.56. The van der Waals surface area contributed by atoms with Gasteiger partial charge in [0.25, 0.3) is 0 Å². The summed E-state index contributed by atoms with van der Waals surface area (Å²) in [4.78, 5) is 15.9. The molecule has 0 fully saturated rings. The summed E-state index contributed by atoms with van der Waals surface area (Å²) in [5.41, 5.74) is 3.59. The smallest absolute Gasteiger partial charge is 0.187 e. The molecule has 0 bridgehead atoms. The van der Waals surface area contributed by atoms with Gasteiger partial charge in [0.2, 0.25) is 0 Å². The Morgan fingerprint density at radius 3 is 3.05 bits per heavy atom. The van der Waals surface area contributed by atoms with Crippen molar-refractivity contribution in [1.29, 1.82) is 0 Å². The molecule has 3 heterocycles. The number of rotatable bonds is 3. The molecule has 0 aromatic carbocycles. The Kier molecular flexibility index (Phi) is 3.81. The second-order valence-corrected chi connectivity index (χ2v) is 6.39. The molecule has 0 aliphatic carbocycles. The molecule has 6 heteroatoms. The van der Waals surface area contributed by atoms with E-state index in [1.54, 1.807) is 23.1 Å². The van der Waals surface area contributed by atoms with Crippen LogP contribution in [0.2, 0.25) is 0 Å². The van der Waals surface area contributed by atoms with Crippen LogP contribution in [0.15, 0.2) is 16.7 Å². The first kappa shape index (κ1) is 13.0. The summed E-state index contributed by atoms with van der Waals surface area (Å²) in [7, 11) is 0. The van der Waals surface area contributed by atoms with Crippen LogP contribution >= 0.6 is 23.1 Å². The minimum Gasteiger partial charge on any atom is -0.292 e. The van der Waals surface area contributed by atoms with E-state index in [-0.39, 0.29) is 0 Å². The van der Waals surface area contributed by atoms with Crippen molar-refractivity contribution in [2.45, 2.75) is 31.6 Å². The maximum absolute atomic E-state index is 4.59. The van der Waals surface area contributed by atoms with E-state index in [1.165, 1.54) is 16.3 Å². The molecular formula is C13H16N4S2. The van der Waals surface area contributed by atoms with Crippen molar-refractivity contribution in [1.82, 2.24) is 19.9 Å². The molecule has 19 heavy (non-hydrogen) atoms. The van der Waals surface area contributed by atoms with Crippen LogP contribution in [0.1, 0.15) is 22.0 Å². The molecule has 0 radical (unpaired) electrons. The van der Waals surface area contributed by atoms with Gasteiger partial charge in [0, 0.05) is 42.3 Å². The van der Waals surface area contributed by atoms with E-state index in [1.807, 2.05) is 19.4 Å². The molecule has 1 aliphatic heterocycles. The van der Waals surface area contributed by atoms with Gasteiger partial charge in [0.05, 0.1) is 12.2 Å². The van der Waals surface area contributed by atoms with Crippen molar-refractivity contribution >= 4 is 23.1 Å². The highest BCUT2D eigenvalue weighted by molar-refractivity contribution is 7.98. The number of nitrogens with zero attached hydrogens (tertiary/aromatic N) is 4. The molecule has 0 spiro atoms. The van der Waals surface area contributed by atoms with Crippen molar-refractivity contribution < 1.29 is 0 Å². The van der Waals surface area contributed by atoms with Gasteiger partial charge in [-0.05, 0) is 13.2 Å². The minimum absolute atomic E-state index is 0.878. The third-order valence-electron chi connectivity index (χ3n) is 3.20. The molecule has 3 rings (SSSR count). The zero-order valence-corrected chi connectivity index (χ0v) is 12.7. The highest BCUT2D eigenvalue weighted by Crippen LogP contribution is 2.21. The largest absolute Gasteiger partial charge is 0.292 e. The molecule has 2 aromatic rings. The van der Waals surface area contributed by atoms with Crippen LogP contribution in [-0.4, -0.2) is 32.7 Å². The predicted molar refractivity (Wildman–Crippen MR) is 78.5 cm³/mol. The third kappa shape index (κ3) is 2.96. The Balaban J connectivity index is 1.71. The highest BCUT2D eigenvalue weighted by Gasteiger charge is 2.19. The van der Waals surface area contributed by atoms with Crippen LogP contribution in [0, 0.1) is 6.92 Å². The van der Waals surface area contributed by atoms with E-state index >= 15 is 0 Å². The Morgan fingerprint density at radius 1 is 1.42 bits per heavy atom. The van der Waals surface area contributed by atoms with Gasteiger partial charge in [0.15, 0.2) is 5.16 Å². The summed E-state index contributed by atoms with van der Waals surface area (Å²) in [6.07, 6.45) is 5.00. The molecule has 0 unspecified atom stereocenters. The van der Waals surface area contributed by atoms with Crippen molar-refractivity contribution in [2.75, 3.05) is 12.8 Å². The molecule has 0 saturated heterocycles. The van der Waals surface area contributed by atoms with Crippen molar-refractivity contribution in [2.24, 2.45) is 0 Å². The molecule has 2 aromatic heterocycles. The average Bonchev–Trinajstić information content (AvgIpc) is 2.83. The fraction of sp³-hybridized carbons (Fsp3) is 0.462. The molecule has 4 nitrogen and oxygen atoms in total. The number of aryl methyl sites for hydroxylation is 1. The van der Waals surface area contributed by atoms with E-state index in [0.717, 1.165) is 36.9 Å². The molecule has 0 N–H and O–H groups in total. The van der Waals surface area contributed by atoms with Crippen molar-refractivity contribution in [3.63, 3.8) is 0 Å². The van der Waals surface area contributed by atoms with E-state index in [2.05, 4.69) is 25.2 Å². The summed E-state index contributed by atoms with van der Waals surface area (Å²) in [5, 5.41) is 4.19. The lowest BCUT2D eigenvalue weighted by atomic mass is 10.1. The molecule has 1 aliphatic rings. The molecule has 100 valence electrons. The van der Waals surface area contributed by atoms with Crippen LogP contribution in [0.3, 0.4) is 0 Å². The highest BCUT2D eigenvalue weighted by atomic mass is 32.2. The van der Waals surface area contributed by atoms with Gasteiger partial charge < -0.3 is 0 Å². The summed E-state index contributed by atoms with van der Waals surface area (Å²) < 4.78 is 0. The van der Waals surface area contributed by atoms with Gasteiger partial charge in [0.1, 0.15) is 5.01 Å². The third-order valence-corrected chi connectivity index (χ3v) is 4.71. The van der Waals surface area contributed by atoms with Gasteiger partial charge >= 0.3 is 0 Å². The first-order chi connectivity index (χ1) is 9.24. The van der Waals surface area contributed by atoms with Gasteiger partial charge in [-0.1, -0.05) is 11.8 Å². The monoisotopic (exact) mass is 292 g/mol. The normalized spacial score (nSPS) is 15.5. The standard InChI is InChI=1S/C13H16N4S2/c1-9-8-19-12(15-9)7-17-4-3-11-10(6-17)5-14-13(16-11)18-2/h5,8H,3-4,6-7H2,1-2H3. The van der Waals surface area contributed by atoms with Gasteiger partial charge in [-0.15, -0.1) is 11.3 Å². The van der Waals surface area contributed by atoms with Crippen LogP contribution in [0.25, 0.3) is 0 Å². The first-order valence-electron chi connectivity index (χ1n) is 6.27. The average molecular weight is 292 g/mol. The number of thiazole rings is 1. The lowest BCUT2D eigenvalue weighted by Gasteiger charge is -2.27. The Hall–Kier alpha value is -0.980. The lowest BCUT2D eigenvalue weighted by molar-refractivity contribution is 0.241. The molecule has 0 saturated carbocycles. The molecule has 0 atom stereocenters.